The van der Waals surface area contributed by atoms with Crippen molar-refractivity contribution in [1.29, 1.82) is 0 Å². The van der Waals surface area contributed by atoms with E-state index in [1.54, 1.807) is 6.92 Å². The molecule has 1 atom stereocenters. The fourth-order valence-corrected chi connectivity index (χ4v) is 2.17. The molecule has 0 saturated heterocycles. The maximum Gasteiger partial charge on any atom is 0.320 e. The van der Waals surface area contributed by atoms with Gasteiger partial charge in [-0.05, 0) is 38.5 Å². The number of aliphatic carboxylic acids is 1. The Hall–Kier alpha value is -2.08. The summed E-state index contributed by atoms with van der Waals surface area (Å²) >= 11 is 0. The van der Waals surface area contributed by atoms with E-state index >= 15 is 0 Å². The Morgan fingerprint density at radius 1 is 1.30 bits per heavy atom. The third kappa shape index (κ3) is 7.15. The van der Waals surface area contributed by atoms with E-state index < -0.39 is 12.0 Å². The average Bonchev–Trinajstić information content (AvgIpc) is 2.44. The van der Waals surface area contributed by atoms with Gasteiger partial charge in [0.25, 0.3) is 0 Å². The summed E-state index contributed by atoms with van der Waals surface area (Å²) in [5.41, 5.74) is 0.971. The lowest BCUT2D eigenvalue weighted by molar-refractivity contribution is -0.142. The maximum absolute atomic E-state index is 11.3. The Morgan fingerprint density at radius 3 is 2.57 bits per heavy atom. The van der Waals surface area contributed by atoms with Gasteiger partial charge in [0.2, 0.25) is 5.91 Å². The van der Waals surface area contributed by atoms with Crippen LogP contribution in [0.15, 0.2) is 24.3 Å². The number of benzene rings is 1. The Morgan fingerprint density at radius 2 is 2.00 bits per heavy atom. The van der Waals surface area contributed by atoms with Crippen LogP contribution in [0.4, 0.5) is 0 Å². The number of hydrogen-bond acceptors (Lipinski definition) is 4. The second kappa shape index (κ2) is 9.15. The van der Waals surface area contributed by atoms with Crippen molar-refractivity contribution >= 4 is 11.9 Å². The van der Waals surface area contributed by atoms with Crippen LogP contribution in [0.2, 0.25) is 0 Å². The lowest BCUT2D eigenvalue weighted by Gasteiger charge is -2.26. The summed E-state index contributed by atoms with van der Waals surface area (Å²) in [6.45, 7) is 8.35. The summed E-state index contributed by atoms with van der Waals surface area (Å²) in [6.07, 6.45) is 0.0825. The van der Waals surface area contributed by atoms with Crippen LogP contribution in [0.25, 0.3) is 0 Å². The van der Waals surface area contributed by atoms with Crippen molar-refractivity contribution in [3.05, 3.63) is 29.8 Å². The number of nitrogens with one attached hydrogen (secondary N) is 1. The third-order valence-corrected chi connectivity index (χ3v) is 3.33. The molecule has 6 heteroatoms. The number of hydrogen-bond donors (Lipinski definition) is 2. The lowest BCUT2D eigenvalue weighted by Crippen LogP contribution is -2.42. The second-order valence-corrected chi connectivity index (χ2v) is 5.78. The highest BCUT2D eigenvalue weighted by Gasteiger charge is 2.20. The fourth-order valence-electron chi connectivity index (χ4n) is 2.17. The molecule has 0 aromatic heterocycles. The van der Waals surface area contributed by atoms with Crippen LogP contribution in [-0.4, -0.2) is 47.1 Å². The normalized spacial score (nSPS) is 12.3. The van der Waals surface area contributed by atoms with E-state index in [4.69, 9.17) is 4.74 Å². The molecular weight excluding hydrogens is 296 g/mol. The summed E-state index contributed by atoms with van der Waals surface area (Å²) in [4.78, 5) is 24.1. The van der Waals surface area contributed by atoms with Crippen LogP contribution in [0.3, 0.4) is 0 Å². The van der Waals surface area contributed by atoms with E-state index in [0.29, 0.717) is 19.6 Å². The first-order chi connectivity index (χ1) is 10.8. The van der Waals surface area contributed by atoms with Gasteiger partial charge in [-0.2, -0.15) is 0 Å². The SMILES string of the molecule is CC(=O)NCCN(Cc1cccc(OC(C)C)c1)C(C)C(=O)O. The fraction of sp³-hybridized carbons (Fsp3) is 0.529. The van der Waals surface area contributed by atoms with Gasteiger partial charge < -0.3 is 15.2 Å². The molecule has 0 saturated carbocycles. The molecule has 0 spiro atoms. The van der Waals surface area contributed by atoms with E-state index in [-0.39, 0.29) is 12.0 Å². The molecule has 1 unspecified atom stereocenters. The van der Waals surface area contributed by atoms with E-state index in [9.17, 15) is 14.7 Å². The highest BCUT2D eigenvalue weighted by atomic mass is 16.5. The number of rotatable bonds is 9. The number of nitrogens with zero attached hydrogens (tertiary/aromatic N) is 1. The van der Waals surface area contributed by atoms with Gasteiger partial charge in [-0.1, -0.05) is 12.1 Å². The van der Waals surface area contributed by atoms with Crippen LogP contribution in [0.1, 0.15) is 33.3 Å². The summed E-state index contributed by atoms with van der Waals surface area (Å²) in [5, 5.41) is 12.0. The first-order valence-corrected chi connectivity index (χ1v) is 7.76. The van der Waals surface area contributed by atoms with Crippen molar-refractivity contribution in [2.24, 2.45) is 0 Å². The van der Waals surface area contributed by atoms with Crippen molar-refractivity contribution in [1.82, 2.24) is 10.2 Å². The van der Waals surface area contributed by atoms with E-state index in [2.05, 4.69) is 5.32 Å². The van der Waals surface area contributed by atoms with Gasteiger partial charge in [-0.25, -0.2) is 0 Å². The number of amides is 1. The Balaban J connectivity index is 2.78. The average molecular weight is 322 g/mol. The predicted molar refractivity (Wildman–Crippen MR) is 88.4 cm³/mol. The van der Waals surface area contributed by atoms with Gasteiger partial charge in [0.05, 0.1) is 6.10 Å². The van der Waals surface area contributed by atoms with Crippen molar-refractivity contribution < 1.29 is 19.4 Å². The molecule has 0 aliphatic carbocycles. The molecule has 6 nitrogen and oxygen atoms in total. The van der Waals surface area contributed by atoms with Crippen LogP contribution in [-0.2, 0) is 16.1 Å². The summed E-state index contributed by atoms with van der Waals surface area (Å²) in [7, 11) is 0. The van der Waals surface area contributed by atoms with Gasteiger partial charge in [-0.3, -0.25) is 14.5 Å². The Labute approximate surface area is 137 Å². The molecule has 1 rings (SSSR count). The standard InChI is InChI=1S/C17H26N2O4/c1-12(2)23-16-7-5-6-15(10-16)11-19(13(3)17(21)22)9-8-18-14(4)20/h5-7,10,12-13H,8-9,11H2,1-4H3,(H,18,20)(H,21,22). The molecule has 1 aromatic rings. The molecule has 2 N–H and O–H groups in total. The van der Waals surface area contributed by atoms with E-state index in [1.165, 1.54) is 6.92 Å². The summed E-state index contributed by atoms with van der Waals surface area (Å²) in [5.74, 6) is -0.245. The van der Waals surface area contributed by atoms with Crippen molar-refractivity contribution in [3.8, 4) is 5.75 Å². The monoisotopic (exact) mass is 322 g/mol. The molecule has 1 aromatic carbocycles. The zero-order chi connectivity index (χ0) is 17.4. The molecule has 0 aliphatic rings. The predicted octanol–water partition coefficient (Wildman–Crippen LogP) is 1.88. The number of carbonyl (C=O) groups excluding carboxylic acids is 1. The van der Waals surface area contributed by atoms with Gasteiger partial charge in [0.1, 0.15) is 11.8 Å². The lowest BCUT2D eigenvalue weighted by atomic mass is 10.1. The van der Waals surface area contributed by atoms with Crippen molar-refractivity contribution in [2.75, 3.05) is 13.1 Å². The molecular formula is C17H26N2O4. The molecule has 0 fully saturated rings. The zero-order valence-corrected chi connectivity index (χ0v) is 14.2. The topological polar surface area (TPSA) is 78.9 Å². The van der Waals surface area contributed by atoms with Gasteiger partial charge >= 0.3 is 5.97 Å². The molecule has 23 heavy (non-hydrogen) atoms. The first-order valence-electron chi connectivity index (χ1n) is 7.76. The van der Waals surface area contributed by atoms with E-state index in [0.717, 1.165) is 11.3 Å². The summed E-state index contributed by atoms with van der Waals surface area (Å²) < 4.78 is 5.67. The van der Waals surface area contributed by atoms with E-state index in [1.807, 2.05) is 43.0 Å². The minimum absolute atomic E-state index is 0.0825. The van der Waals surface area contributed by atoms with Gasteiger partial charge in [0, 0.05) is 26.6 Å². The highest BCUT2D eigenvalue weighted by Crippen LogP contribution is 2.17. The third-order valence-electron chi connectivity index (χ3n) is 3.33. The van der Waals surface area contributed by atoms with Crippen molar-refractivity contribution in [2.45, 2.75) is 46.4 Å². The first kappa shape index (κ1) is 19.0. The van der Waals surface area contributed by atoms with Gasteiger partial charge in [0.15, 0.2) is 0 Å². The van der Waals surface area contributed by atoms with Crippen LogP contribution in [0, 0.1) is 0 Å². The molecule has 1 amide bonds. The molecule has 0 bridgehead atoms. The Kier molecular flexibility index (Phi) is 7.54. The molecule has 0 radical (unpaired) electrons. The van der Waals surface area contributed by atoms with Crippen LogP contribution < -0.4 is 10.1 Å². The minimum atomic E-state index is -0.887. The number of ether oxygens (including phenoxy) is 1. The molecule has 0 heterocycles. The summed E-state index contributed by atoms with van der Waals surface area (Å²) in [6, 6.07) is 6.99. The number of carboxylic acids is 1. The van der Waals surface area contributed by atoms with Crippen LogP contribution >= 0.6 is 0 Å². The Bertz CT molecular complexity index is 531. The maximum atomic E-state index is 11.3. The smallest absolute Gasteiger partial charge is 0.320 e. The highest BCUT2D eigenvalue weighted by molar-refractivity contribution is 5.73. The largest absolute Gasteiger partial charge is 0.491 e. The number of carbonyl (C=O) groups is 2. The van der Waals surface area contributed by atoms with Gasteiger partial charge in [-0.15, -0.1) is 0 Å². The molecule has 0 aliphatic heterocycles. The number of carboxylic acid groups (broad SMARTS) is 1. The van der Waals surface area contributed by atoms with Crippen molar-refractivity contribution in [3.63, 3.8) is 0 Å². The quantitative estimate of drug-likeness (QED) is 0.726. The molecule has 128 valence electrons. The zero-order valence-electron chi connectivity index (χ0n) is 14.2. The minimum Gasteiger partial charge on any atom is -0.491 e. The second-order valence-electron chi connectivity index (χ2n) is 5.78. The van der Waals surface area contributed by atoms with Crippen LogP contribution in [0.5, 0.6) is 5.75 Å².